The van der Waals surface area contributed by atoms with E-state index in [4.69, 9.17) is 39.9 Å². The first kappa shape index (κ1) is 24.3. The van der Waals surface area contributed by atoms with Gasteiger partial charge in [0.25, 0.3) is 5.91 Å². The standard InChI is InChI=1S/C24H25Cl3N4OS/c1-3-6-18-22(24(32)29-30-11-4-5-12-30)28-31(20-9-7-16(25)14-19(20)26)23(18)15(2)13-17-8-10-21(27)33-17/h7-10,13-14H,3-6,11-12H2,1-2H3,(H,29,32)/b15-13+. The molecule has 33 heavy (non-hydrogen) atoms. The minimum atomic E-state index is -0.197. The summed E-state index contributed by atoms with van der Waals surface area (Å²) in [6, 6.07) is 9.14. The Labute approximate surface area is 212 Å². The van der Waals surface area contributed by atoms with E-state index in [2.05, 4.69) is 18.4 Å². The lowest BCUT2D eigenvalue weighted by Gasteiger charge is -2.15. The summed E-state index contributed by atoms with van der Waals surface area (Å²) in [6.07, 6.45) is 5.80. The quantitative estimate of drug-likeness (QED) is 0.358. The van der Waals surface area contributed by atoms with Gasteiger partial charge < -0.3 is 0 Å². The number of hydrogen-bond acceptors (Lipinski definition) is 4. The second-order valence-electron chi connectivity index (χ2n) is 8.04. The summed E-state index contributed by atoms with van der Waals surface area (Å²) in [7, 11) is 0. The number of nitrogens with one attached hydrogen (secondary N) is 1. The van der Waals surface area contributed by atoms with Gasteiger partial charge in [-0.25, -0.2) is 9.69 Å². The van der Waals surface area contributed by atoms with Crippen LogP contribution in [-0.4, -0.2) is 33.8 Å². The molecule has 1 N–H and O–H groups in total. The summed E-state index contributed by atoms with van der Waals surface area (Å²) in [5, 5.41) is 7.75. The molecule has 1 amide bonds. The first-order valence-corrected chi connectivity index (χ1v) is 12.9. The number of rotatable bonds is 7. The molecule has 4 rings (SSSR count). The van der Waals surface area contributed by atoms with Crippen LogP contribution < -0.4 is 5.43 Å². The molecule has 1 aliphatic heterocycles. The van der Waals surface area contributed by atoms with E-state index in [1.54, 1.807) is 16.8 Å². The molecule has 1 aromatic carbocycles. The van der Waals surface area contributed by atoms with E-state index in [9.17, 15) is 4.79 Å². The SMILES string of the molecule is CCCc1c(C(=O)NN2CCCC2)nn(-c2ccc(Cl)cc2Cl)c1/C(C)=C/c1ccc(Cl)s1. The first-order chi connectivity index (χ1) is 15.9. The Kier molecular flexibility index (Phi) is 7.82. The van der Waals surface area contributed by atoms with Crippen LogP contribution in [0.5, 0.6) is 0 Å². The zero-order valence-electron chi connectivity index (χ0n) is 18.5. The Bertz CT molecular complexity index is 1190. The smallest absolute Gasteiger partial charge is 0.283 e. The van der Waals surface area contributed by atoms with Crippen molar-refractivity contribution in [3.63, 3.8) is 0 Å². The van der Waals surface area contributed by atoms with Crippen molar-refractivity contribution in [2.24, 2.45) is 0 Å². The normalized spacial score (nSPS) is 14.8. The molecule has 0 radical (unpaired) electrons. The van der Waals surface area contributed by atoms with Gasteiger partial charge in [-0.2, -0.15) is 5.10 Å². The minimum Gasteiger partial charge on any atom is -0.283 e. The molecule has 1 fully saturated rings. The highest BCUT2D eigenvalue weighted by atomic mass is 35.5. The number of nitrogens with zero attached hydrogens (tertiary/aromatic N) is 3. The zero-order chi connectivity index (χ0) is 23.5. The molecule has 0 unspecified atom stereocenters. The molecule has 174 valence electrons. The van der Waals surface area contributed by atoms with Crippen LogP contribution in [0, 0.1) is 0 Å². The van der Waals surface area contributed by atoms with Gasteiger partial charge in [-0.3, -0.25) is 10.2 Å². The van der Waals surface area contributed by atoms with Gasteiger partial charge in [-0.15, -0.1) is 11.3 Å². The predicted octanol–water partition coefficient (Wildman–Crippen LogP) is 7.15. The number of carbonyl (C=O) groups excluding carboxylic acids is 1. The Hall–Kier alpha value is -1.83. The van der Waals surface area contributed by atoms with Gasteiger partial charge in [0, 0.05) is 28.6 Å². The fraction of sp³-hybridized carbons (Fsp3) is 0.333. The third kappa shape index (κ3) is 5.47. The van der Waals surface area contributed by atoms with Crippen LogP contribution in [0.2, 0.25) is 14.4 Å². The topological polar surface area (TPSA) is 50.2 Å². The fourth-order valence-electron chi connectivity index (χ4n) is 4.07. The highest BCUT2D eigenvalue weighted by molar-refractivity contribution is 7.17. The van der Waals surface area contributed by atoms with E-state index < -0.39 is 0 Å². The molecule has 0 bridgehead atoms. The summed E-state index contributed by atoms with van der Waals surface area (Å²) in [4.78, 5) is 14.3. The van der Waals surface area contributed by atoms with Crippen molar-refractivity contribution in [2.45, 2.75) is 39.5 Å². The number of hydrazine groups is 1. The maximum absolute atomic E-state index is 13.3. The summed E-state index contributed by atoms with van der Waals surface area (Å²) in [5.41, 5.74) is 6.85. The van der Waals surface area contributed by atoms with Crippen molar-refractivity contribution in [1.82, 2.24) is 20.2 Å². The molecular formula is C24H25Cl3N4OS. The molecule has 3 heterocycles. The van der Waals surface area contributed by atoms with E-state index in [0.29, 0.717) is 27.8 Å². The lowest BCUT2D eigenvalue weighted by atomic mass is 10.0. The van der Waals surface area contributed by atoms with Crippen LogP contribution in [0.4, 0.5) is 0 Å². The largest absolute Gasteiger partial charge is 0.286 e. The maximum Gasteiger partial charge on any atom is 0.286 e. The van der Waals surface area contributed by atoms with E-state index >= 15 is 0 Å². The molecular weight excluding hydrogens is 499 g/mol. The Morgan fingerprint density at radius 1 is 1.18 bits per heavy atom. The Morgan fingerprint density at radius 3 is 2.58 bits per heavy atom. The maximum atomic E-state index is 13.3. The van der Waals surface area contributed by atoms with Crippen LogP contribution >= 0.6 is 46.1 Å². The number of halogens is 3. The summed E-state index contributed by atoms with van der Waals surface area (Å²) in [6.45, 7) is 5.82. The second-order valence-corrected chi connectivity index (χ2v) is 10.6. The van der Waals surface area contributed by atoms with Gasteiger partial charge in [0.1, 0.15) is 0 Å². The number of aromatic nitrogens is 2. The average molecular weight is 524 g/mol. The number of amides is 1. The van der Waals surface area contributed by atoms with Crippen molar-refractivity contribution in [1.29, 1.82) is 0 Å². The lowest BCUT2D eigenvalue weighted by Crippen LogP contribution is -2.40. The first-order valence-electron chi connectivity index (χ1n) is 10.9. The van der Waals surface area contributed by atoms with Crippen LogP contribution in [-0.2, 0) is 6.42 Å². The third-order valence-corrected chi connectivity index (χ3v) is 7.24. The summed E-state index contributed by atoms with van der Waals surface area (Å²) < 4.78 is 2.49. The highest BCUT2D eigenvalue weighted by Crippen LogP contribution is 2.33. The van der Waals surface area contributed by atoms with E-state index in [0.717, 1.165) is 58.4 Å². The van der Waals surface area contributed by atoms with Gasteiger partial charge in [-0.05, 0) is 68.2 Å². The third-order valence-electron chi connectivity index (χ3n) is 5.53. The van der Waals surface area contributed by atoms with Crippen molar-refractivity contribution in [3.8, 4) is 5.69 Å². The zero-order valence-corrected chi connectivity index (χ0v) is 21.6. The summed E-state index contributed by atoms with van der Waals surface area (Å²) in [5.74, 6) is -0.197. The van der Waals surface area contributed by atoms with Gasteiger partial charge in [-0.1, -0.05) is 48.1 Å². The molecule has 1 aliphatic rings. The molecule has 9 heteroatoms. The Balaban J connectivity index is 1.87. The van der Waals surface area contributed by atoms with Crippen LogP contribution in [0.1, 0.15) is 59.7 Å². The average Bonchev–Trinajstić information content (AvgIpc) is 3.49. The van der Waals surface area contributed by atoms with Gasteiger partial charge in [0.15, 0.2) is 5.69 Å². The van der Waals surface area contributed by atoms with Crippen LogP contribution in [0.25, 0.3) is 17.3 Å². The molecule has 0 saturated carbocycles. The van der Waals surface area contributed by atoms with Gasteiger partial charge in [0.05, 0.1) is 20.7 Å². The molecule has 2 aromatic heterocycles. The molecule has 3 aromatic rings. The number of benzene rings is 1. The molecule has 0 spiro atoms. The van der Waals surface area contributed by atoms with E-state index in [1.165, 1.54) is 11.3 Å². The predicted molar refractivity (Wildman–Crippen MR) is 139 cm³/mol. The number of carbonyl (C=O) groups is 1. The second kappa shape index (κ2) is 10.6. The Morgan fingerprint density at radius 2 is 1.94 bits per heavy atom. The van der Waals surface area contributed by atoms with E-state index in [1.807, 2.05) is 30.1 Å². The van der Waals surface area contributed by atoms with Gasteiger partial charge >= 0.3 is 0 Å². The van der Waals surface area contributed by atoms with Crippen LogP contribution in [0.15, 0.2) is 30.3 Å². The van der Waals surface area contributed by atoms with Crippen molar-refractivity contribution < 1.29 is 4.79 Å². The van der Waals surface area contributed by atoms with E-state index in [-0.39, 0.29) is 5.91 Å². The monoisotopic (exact) mass is 522 g/mol. The van der Waals surface area contributed by atoms with Crippen LogP contribution in [0.3, 0.4) is 0 Å². The number of thiophene rings is 1. The number of hydrogen-bond donors (Lipinski definition) is 1. The molecule has 5 nitrogen and oxygen atoms in total. The van der Waals surface area contributed by atoms with Crippen molar-refractivity contribution in [2.75, 3.05) is 13.1 Å². The van der Waals surface area contributed by atoms with Crippen molar-refractivity contribution >= 4 is 63.7 Å². The molecule has 1 saturated heterocycles. The number of allylic oxidation sites excluding steroid dienone is 1. The lowest BCUT2D eigenvalue weighted by molar-refractivity contribution is 0.0819. The van der Waals surface area contributed by atoms with Gasteiger partial charge in [0.2, 0.25) is 0 Å². The molecule has 0 aliphatic carbocycles. The fourth-order valence-corrected chi connectivity index (χ4v) is 5.62. The minimum absolute atomic E-state index is 0.197. The summed E-state index contributed by atoms with van der Waals surface area (Å²) >= 11 is 20.4. The van der Waals surface area contributed by atoms with Crippen molar-refractivity contribution in [3.05, 3.63) is 66.5 Å². The highest BCUT2D eigenvalue weighted by Gasteiger charge is 2.26. The molecule has 0 atom stereocenters.